The Balaban J connectivity index is 2.07. The Hall–Kier alpha value is -1.75. The Bertz CT molecular complexity index is 575. The zero-order valence-electron chi connectivity index (χ0n) is 13.1. The van der Waals surface area contributed by atoms with Crippen molar-refractivity contribution in [3.8, 4) is 5.75 Å². The first-order valence-electron chi connectivity index (χ1n) is 7.42. The molecule has 0 saturated carbocycles. The minimum absolute atomic E-state index is 0.0746. The molecule has 1 heterocycles. The van der Waals surface area contributed by atoms with Gasteiger partial charge in [0.2, 0.25) is 11.8 Å². The normalized spacial score (nSPS) is 17.0. The molecule has 1 aliphatic heterocycles. The average molecular weight is 325 g/mol. The summed E-state index contributed by atoms with van der Waals surface area (Å²) in [6.07, 6.45) is 0.248. The highest BCUT2D eigenvalue weighted by molar-refractivity contribution is 6.31. The van der Waals surface area contributed by atoms with E-state index < -0.39 is 0 Å². The third-order valence-electron chi connectivity index (χ3n) is 3.30. The molecule has 1 aromatic carbocycles. The van der Waals surface area contributed by atoms with E-state index >= 15 is 0 Å². The van der Waals surface area contributed by atoms with E-state index in [4.69, 9.17) is 16.3 Å². The summed E-state index contributed by atoms with van der Waals surface area (Å²) in [6, 6.07) is 5.29. The quantitative estimate of drug-likeness (QED) is 0.926. The maximum Gasteiger partial charge on any atom is 0.227 e. The molecule has 120 valence electrons. The van der Waals surface area contributed by atoms with Gasteiger partial charge < -0.3 is 15.0 Å². The number of carbonyl (C=O) groups excluding carboxylic acids is 2. The lowest BCUT2D eigenvalue weighted by Crippen LogP contribution is -2.42. The minimum Gasteiger partial charge on any atom is -0.487 e. The average Bonchev–Trinajstić information content (AvgIpc) is 2.43. The van der Waals surface area contributed by atoms with Gasteiger partial charge in [-0.2, -0.15) is 0 Å². The summed E-state index contributed by atoms with van der Waals surface area (Å²) in [5.74, 6) is 0.427. The topological polar surface area (TPSA) is 58.6 Å². The zero-order valence-corrected chi connectivity index (χ0v) is 13.8. The van der Waals surface area contributed by atoms with Gasteiger partial charge in [0.1, 0.15) is 11.9 Å². The minimum atomic E-state index is -0.115. The third kappa shape index (κ3) is 4.13. The van der Waals surface area contributed by atoms with Gasteiger partial charge in [-0.05, 0) is 39.0 Å². The van der Waals surface area contributed by atoms with E-state index in [9.17, 15) is 9.59 Å². The molecule has 1 aliphatic rings. The lowest BCUT2D eigenvalue weighted by molar-refractivity contribution is -0.125. The number of halogens is 1. The second-order valence-corrected chi connectivity index (χ2v) is 6.20. The SMILES string of the molecule is CC(C)NC(=O)CCC(=O)N1C[C@H](C)Oc2ccc(Cl)cc21. The summed E-state index contributed by atoms with van der Waals surface area (Å²) in [4.78, 5) is 25.8. The van der Waals surface area contributed by atoms with Gasteiger partial charge in [0.25, 0.3) is 0 Å². The monoisotopic (exact) mass is 324 g/mol. The van der Waals surface area contributed by atoms with Crippen LogP contribution < -0.4 is 15.0 Å². The standard InChI is InChI=1S/C16H21ClN2O3/c1-10(2)18-15(20)6-7-16(21)19-9-11(3)22-14-5-4-12(17)8-13(14)19/h4-5,8,10-11H,6-7,9H2,1-3H3,(H,18,20)/t11-/m0/s1. The Morgan fingerprint density at radius 2 is 2.14 bits per heavy atom. The number of amides is 2. The van der Waals surface area contributed by atoms with Crippen LogP contribution >= 0.6 is 11.6 Å². The largest absolute Gasteiger partial charge is 0.487 e. The van der Waals surface area contributed by atoms with Gasteiger partial charge in [-0.1, -0.05) is 11.6 Å². The lowest BCUT2D eigenvalue weighted by Gasteiger charge is -2.33. The van der Waals surface area contributed by atoms with E-state index in [2.05, 4.69) is 5.32 Å². The Kier molecular flexibility index (Phi) is 5.29. The molecule has 0 unspecified atom stereocenters. The van der Waals surface area contributed by atoms with Gasteiger partial charge in [-0.3, -0.25) is 9.59 Å². The van der Waals surface area contributed by atoms with Crippen LogP contribution in [0.2, 0.25) is 5.02 Å². The summed E-state index contributed by atoms with van der Waals surface area (Å²) in [5, 5.41) is 3.33. The first kappa shape index (κ1) is 16.6. The van der Waals surface area contributed by atoms with Crippen LogP contribution in [0, 0.1) is 0 Å². The first-order valence-corrected chi connectivity index (χ1v) is 7.80. The Morgan fingerprint density at radius 3 is 2.82 bits per heavy atom. The molecule has 1 atom stereocenters. The van der Waals surface area contributed by atoms with Gasteiger partial charge in [-0.25, -0.2) is 0 Å². The number of nitrogens with zero attached hydrogens (tertiary/aromatic N) is 1. The number of hydrogen-bond donors (Lipinski definition) is 1. The van der Waals surface area contributed by atoms with E-state index in [1.807, 2.05) is 20.8 Å². The van der Waals surface area contributed by atoms with Crippen LogP contribution in [0.15, 0.2) is 18.2 Å². The van der Waals surface area contributed by atoms with Crippen LogP contribution in [0.5, 0.6) is 5.75 Å². The summed E-state index contributed by atoms with van der Waals surface area (Å²) >= 11 is 6.01. The van der Waals surface area contributed by atoms with Crippen LogP contribution in [-0.4, -0.2) is 30.5 Å². The number of fused-ring (bicyclic) bond motifs is 1. The van der Waals surface area contributed by atoms with Gasteiger partial charge in [0, 0.05) is 23.9 Å². The van der Waals surface area contributed by atoms with Crippen molar-refractivity contribution in [1.29, 1.82) is 0 Å². The molecule has 0 radical (unpaired) electrons. The zero-order chi connectivity index (χ0) is 16.3. The third-order valence-corrected chi connectivity index (χ3v) is 3.53. The smallest absolute Gasteiger partial charge is 0.227 e. The molecule has 0 bridgehead atoms. The lowest BCUT2D eigenvalue weighted by atomic mass is 10.1. The predicted octanol–water partition coefficient (Wildman–Crippen LogP) is 2.76. The number of anilines is 1. The summed E-state index contributed by atoms with van der Waals surface area (Å²) < 4.78 is 5.71. The highest BCUT2D eigenvalue weighted by atomic mass is 35.5. The Labute approximate surface area is 135 Å². The molecule has 1 N–H and O–H groups in total. The molecule has 0 fully saturated rings. The maximum absolute atomic E-state index is 12.5. The molecule has 2 amide bonds. The van der Waals surface area contributed by atoms with Crippen molar-refractivity contribution in [3.05, 3.63) is 23.2 Å². The van der Waals surface area contributed by atoms with Crippen molar-refractivity contribution in [2.75, 3.05) is 11.4 Å². The number of hydrogen-bond acceptors (Lipinski definition) is 3. The molecule has 22 heavy (non-hydrogen) atoms. The fourth-order valence-corrected chi connectivity index (χ4v) is 2.56. The number of nitrogens with one attached hydrogen (secondary N) is 1. The Morgan fingerprint density at radius 1 is 1.41 bits per heavy atom. The molecular weight excluding hydrogens is 304 g/mol. The van der Waals surface area contributed by atoms with Crippen molar-refractivity contribution in [1.82, 2.24) is 5.32 Å². The molecular formula is C16H21ClN2O3. The first-order chi connectivity index (χ1) is 10.4. The maximum atomic E-state index is 12.5. The number of rotatable bonds is 4. The van der Waals surface area contributed by atoms with E-state index in [1.165, 1.54) is 0 Å². The molecule has 2 rings (SSSR count). The van der Waals surface area contributed by atoms with E-state index in [0.29, 0.717) is 23.0 Å². The predicted molar refractivity (Wildman–Crippen MR) is 86.4 cm³/mol. The van der Waals surface area contributed by atoms with E-state index in [0.717, 1.165) is 0 Å². The van der Waals surface area contributed by atoms with Crippen LogP contribution in [0.4, 0.5) is 5.69 Å². The molecule has 0 aromatic heterocycles. The fraction of sp³-hybridized carbons (Fsp3) is 0.500. The molecule has 0 saturated heterocycles. The van der Waals surface area contributed by atoms with Crippen molar-refractivity contribution in [3.63, 3.8) is 0 Å². The van der Waals surface area contributed by atoms with Gasteiger partial charge in [-0.15, -0.1) is 0 Å². The molecule has 6 heteroatoms. The van der Waals surface area contributed by atoms with Crippen molar-refractivity contribution < 1.29 is 14.3 Å². The molecule has 0 spiro atoms. The van der Waals surface area contributed by atoms with Gasteiger partial charge in [0.15, 0.2) is 0 Å². The highest BCUT2D eigenvalue weighted by Gasteiger charge is 2.27. The van der Waals surface area contributed by atoms with Crippen LogP contribution in [0.3, 0.4) is 0 Å². The van der Waals surface area contributed by atoms with Crippen molar-refractivity contribution in [2.45, 2.75) is 45.8 Å². The highest BCUT2D eigenvalue weighted by Crippen LogP contribution is 2.36. The number of benzene rings is 1. The fourth-order valence-electron chi connectivity index (χ4n) is 2.40. The molecule has 1 aromatic rings. The molecule has 5 nitrogen and oxygen atoms in total. The summed E-state index contributed by atoms with van der Waals surface area (Å²) in [5.41, 5.74) is 0.667. The van der Waals surface area contributed by atoms with E-state index in [-0.39, 0.29) is 36.8 Å². The summed E-state index contributed by atoms with van der Waals surface area (Å²) in [7, 11) is 0. The van der Waals surface area contributed by atoms with Gasteiger partial charge in [0.05, 0.1) is 12.2 Å². The van der Waals surface area contributed by atoms with Crippen LogP contribution in [0.1, 0.15) is 33.6 Å². The summed E-state index contributed by atoms with van der Waals surface area (Å²) in [6.45, 7) is 6.14. The van der Waals surface area contributed by atoms with Gasteiger partial charge >= 0.3 is 0 Å². The number of carbonyl (C=O) groups is 2. The van der Waals surface area contributed by atoms with Crippen LogP contribution in [0.25, 0.3) is 0 Å². The number of ether oxygens (including phenoxy) is 1. The van der Waals surface area contributed by atoms with E-state index in [1.54, 1.807) is 23.1 Å². The molecule has 0 aliphatic carbocycles. The van der Waals surface area contributed by atoms with Crippen LogP contribution in [-0.2, 0) is 9.59 Å². The van der Waals surface area contributed by atoms with Crippen molar-refractivity contribution >= 4 is 29.1 Å². The van der Waals surface area contributed by atoms with Crippen molar-refractivity contribution in [2.24, 2.45) is 0 Å². The second kappa shape index (κ2) is 7.01. The second-order valence-electron chi connectivity index (χ2n) is 5.77.